The summed E-state index contributed by atoms with van der Waals surface area (Å²) in [5.41, 5.74) is 7.80. The monoisotopic (exact) mass is 355 g/mol. The molecule has 0 fully saturated rings. The van der Waals surface area contributed by atoms with Crippen LogP contribution in [-0.2, 0) is 0 Å². The number of halogens is 3. The molecule has 0 spiro atoms. The van der Waals surface area contributed by atoms with Gasteiger partial charge in [0, 0.05) is 22.5 Å². The van der Waals surface area contributed by atoms with Crippen LogP contribution in [0.25, 0.3) is 0 Å². The minimum absolute atomic E-state index is 0.173. The van der Waals surface area contributed by atoms with Crippen LogP contribution in [0.15, 0.2) is 40.9 Å². The van der Waals surface area contributed by atoms with Crippen LogP contribution in [0, 0.1) is 5.82 Å². The first kappa shape index (κ1) is 13.9. The Hall–Kier alpha value is -1.10. The minimum atomic E-state index is -0.298. The second-order valence-electron chi connectivity index (χ2n) is 4.80. The molecule has 2 nitrogen and oxygen atoms in total. The predicted molar refractivity (Wildman–Crippen MR) is 80.5 cm³/mol. The van der Waals surface area contributed by atoms with Crippen molar-refractivity contribution in [3.63, 3.8) is 0 Å². The number of hydrogen-bond donors (Lipinski definition) is 1. The fraction of sp³-hybridized carbons (Fsp3) is 0.200. The van der Waals surface area contributed by atoms with Gasteiger partial charge in [-0.05, 0) is 51.8 Å². The van der Waals surface area contributed by atoms with Crippen molar-refractivity contribution < 1.29 is 9.13 Å². The van der Waals surface area contributed by atoms with Gasteiger partial charge in [-0.1, -0.05) is 17.7 Å². The van der Waals surface area contributed by atoms with E-state index in [-0.39, 0.29) is 18.0 Å². The van der Waals surface area contributed by atoms with Gasteiger partial charge in [-0.15, -0.1) is 0 Å². The molecule has 0 amide bonds. The first-order chi connectivity index (χ1) is 9.54. The smallest absolute Gasteiger partial charge is 0.126 e. The normalized spacial score (nSPS) is 21.2. The molecule has 2 aromatic carbocycles. The molecule has 3 rings (SSSR count). The van der Waals surface area contributed by atoms with Crippen molar-refractivity contribution in [2.75, 3.05) is 0 Å². The van der Waals surface area contributed by atoms with Crippen molar-refractivity contribution in [2.45, 2.75) is 18.6 Å². The Labute approximate surface area is 129 Å². The fourth-order valence-corrected chi connectivity index (χ4v) is 2.83. The summed E-state index contributed by atoms with van der Waals surface area (Å²) in [6, 6.07) is 9.87. The zero-order valence-corrected chi connectivity index (χ0v) is 12.8. The average Bonchev–Trinajstić information content (AvgIpc) is 2.42. The molecule has 0 radical (unpaired) electrons. The minimum Gasteiger partial charge on any atom is -0.485 e. The van der Waals surface area contributed by atoms with Crippen molar-refractivity contribution in [1.29, 1.82) is 0 Å². The highest BCUT2D eigenvalue weighted by atomic mass is 79.9. The van der Waals surface area contributed by atoms with E-state index in [0.29, 0.717) is 22.8 Å². The van der Waals surface area contributed by atoms with Crippen LogP contribution >= 0.6 is 27.5 Å². The Kier molecular flexibility index (Phi) is 3.71. The van der Waals surface area contributed by atoms with Crippen LogP contribution in [0.1, 0.15) is 29.7 Å². The molecule has 0 saturated heterocycles. The summed E-state index contributed by atoms with van der Waals surface area (Å²) in [4.78, 5) is 0. The summed E-state index contributed by atoms with van der Waals surface area (Å²) in [6.45, 7) is 0. The molecule has 0 aliphatic carbocycles. The van der Waals surface area contributed by atoms with Crippen LogP contribution in [-0.4, -0.2) is 0 Å². The van der Waals surface area contributed by atoms with Gasteiger partial charge in [0.25, 0.3) is 0 Å². The zero-order chi connectivity index (χ0) is 14.3. The number of ether oxygens (including phenoxy) is 1. The SMILES string of the molecule is N[C@H]1CC(c2ccc(Br)c(Cl)c2)Oc2ccc(F)cc21. The van der Waals surface area contributed by atoms with E-state index in [1.54, 1.807) is 6.07 Å². The summed E-state index contributed by atoms with van der Waals surface area (Å²) in [6.07, 6.45) is 0.419. The molecule has 1 aliphatic heterocycles. The highest BCUT2D eigenvalue weighted by molar-refractivity contribution is 9.10. The van der Waals surface area contributed by atoms with Gasteiger partial charge in [-0.2, -0.15) is 0 Å². The molecule has 104 valence electrons. The fourth-order valence-electron chi connectivity index (χ4n) is 2.39. The van der Waals surface area contributed by atoms with Crippen LogP contribution in [0.4, 0.5) is 4.39 Å². The topological polar surface area (TPSA) is 35.2 Å². The van der Waals surface area contributed by atoms with E-state index in [4.69, 9.17) is 22.1 Å². The Balaban J connectivity index is 1.94. The first-order valence-electron chi connectivity index (χ1n) is 6.21. The van der Waals surface area contributed by atoms with Gasteiger partial charge < -0.3 is 10.5 Å². The first-order valence-corrected chi connectivity index (χ1v) is 7.38. The highest BCUT2D eigenvalue weighted by Gasteiger charge is 2.27. The van der Waals surface area contributed by atoms with Gasteiger partial charge in [0.05, 0.1) is 5.02 Å². The second kappa shape index (κ2) is 5.35. The largest absolute Gasteiger partial charge is 0.485 e. The molecular formula is C15H12BrClFNO. The molecule has 20 heavy (non-hydrogen) atoms. The Morgan fingerprint density at radius 1 is 1.25 bits per heavy atom. The van der Waals surface area contributed by atoms with Gasteiger partial charge in [-0.3, -0.25) is 0 Å². The zero-order valence-electron chi connectivity index (χ0n) is 10.4. The van der Waals surface area contributed by atoms with Gasteiger partial charge >= 0.3 is 0 Å². The Bertz CT molecular complexity index is 664. The lowest BCUT2D eigenvalue weighted by atomic mass is 9.93. The molecule has 2 N–H and O–H groups in total. The van der Waals surface area contributed by atoms with Crippen molar-refractivity contribution in [2.24, 2.45) is 5.73 Å². The van der Waals surface area contributed by atoms with E-state index in [1.165, 1.54) is 12.1 Å². The maximum atomic E-state index is 13.3. The van der Waals surface area contributed by atoms with E-state index in [9.17, 15) is 4.39 Å². The lowest BCUT2D eigenvalue weighted by Gasteiger charge is -2.30. The van der Waals surface area contributed by atoms with Crippen LogP contribution in [0.3, 0.4) is 0 Å². The van der Waals surface area contributed by atoms with Gasteiger partial charge in [-0.25, -0.2) is 4.39 Å². The Morgan fingerprint density at radius 2 is 2.05 bits per heavy atom. The molecule has 0 saturated carbocycles. The lowest BCUT2D eigenvalue weighted by molar-refractivity contribution is 0.161. The molecule has 1 heterocycles. The molecule has 0 aromatic heterocycles. The van der Waals surface area contributed by atoms with Gasteiger partial charge in [0.15, 0.2) is 0 Å². The van der Waals surface area contributed by atoms with Gasteiger partial charge in [0.2, 0.25) is 0 Å². The third-order valence-electron chi connectivity index (χ3n) is 3.42. The number of fused-ring (bicyclic) bond motifs is 1. The molecule has 1 aliphatic rings. The number of hydrogen-bond acceptors (Lipinski definition) is 2. The van der Waals surface area contributed by atoms with Crippen LogP contribution < -0.4 is 10.5 Å². The third kappa shape index (κ3) is 2.55. The average molecular weight is 357 g/mol. The maximum absolute atomic E-state index is 13.3. The summed E-state index contributed by atoms with van der Waals surface area (Å²) in [5.74, 6) is 0.335. The van der Waals surface area contributed by atoms with Crippen molar-refractivity contribution in [3.05, 3.63) is 62.8 Å². The van der Waals surface area contributed by atoms with Crippen molar-refractivity contribution >= 4 is 27.5 Å². The van der Waals surface area contributed by atoms with E-state index in [2.05, 4.69) is 15.9 Å². The molecular weight excluding hydrogens is 345 g/mol. The number of benzene rings is 2. The van der Waals surface area contributed by atoms with Crippen LogP contribution in [0.5, 0.6) is 5.75 Å². The molecule has 1 unspecified atom stereocenters. The molecule has 0 bridgehead atoms. The van der Waals surface area contributed by atoms with E-state index >= 15 is 0 Å². The van der Waals surface area contributed by atoms with E-state index in [1.807, 2.05) is 18.2 Å². The predicted octanol–water partition coefficient (Wildman–Crippen LogP) is 4.77. The molecule has 2 atom stereocenters. The summed E-state index contributed by atoms with van der Waals surface area (Å²) in [5, 5.41) is 0.629. The van der Waals surface area contributed by atoms with Crippen molar-refractivity contribution in [1.82, 2.24) is 0 Å². The van der Waals surface area contributed by atoms with E-state index in [0.717, 1.165) is 10.0 Å². The van der Waals surface area contributed by atoms with Gasteiger partial charge in [0.1, 0.15) is 17.7 Å². The lowest BCUT2D eigenvalue weighted by Crippen LogP contribution is -2.24. The second-order valence-corrected chi connectivity index (χ2v) is 6.07. The van der Waals surface area contributed by atoms with Crippen molar-refractivity contribution in [3.8, 4) is 5.75 Å². The number of nitrogens with two attached hydrogens (primary N) is 1. The standard InChI is InChI=1S/C15H12BrClFNO/c16-11-3-1-8(5-12(11)17)15-7-13(19)10-6-9(18)2-4-14(10)20-15/h1-6,13,15H,7,19H2/t13-,15?/m0/s1. The highest BCUT2D eigenvalue weighted by Crippen LogP contribution is 2.40. The Morgan fingerprint density at radius 3 is 2.80 bits per heavy atom. The summed E-state index contributed by atoms with van der Waals surface area (Å²) < 4.78 is 20.0. The third-order valence-corrected chi connectivity index (χ3v) is 4.66. The molecule has 2 aromatic rings. The summed E-state index contributed by atoms with van der Waals surface area (Å²) >= 11 is 9.47. The quantitative estimate of drug-likeness (QED) is 0.799. The maximum Gasteiger partial charge on any atom is 0.126 e. The number of rotatable bonds is 1. The summed E-state index contributed by atoms with van der Waals surface area (Å²) in [7, 11) is 0. The van der Waals surface area contributed by atoms with E-state index < -0.39 is 0 Å². The van der Waals surface area contributed by atoms with Crippen LogP contribution in [0.2, 0.25) is 5.02 Å². The molecule has 5 heteroatoms.